The molecular weight excluding hydrogens is 287 g/mol. The minimum atomic E-state index is -0.623. The third-order valence-corrected chi connectivity index (χ3v) is 4.04. The van der Waals surface area contributed by atoms with Crippen LogP contribution in [0.25, 0.3) is 10.1 Å². The molecule has 0 aliphatic carbocycles. The number of amides is 1. The van der Waals surface area contributed by atoms with Gasteiger partial charge in [-0.25, -0.2) is 4.39 Å². The van der Waals surface area contributed by atoms with Crippen LogP contribution in [0.3, 0.4) is 0 Å². The van der Waals surface area contributed by atoms with Gasteiger partial charge in [0.25, 0.3) is 5.91 Å². The Morgan fingerprint density at radius 1 is 1.24 bits per heavy atom. The molecule has 0 aliphatic rings. The highest BCUT2D eigenvalue weighted by molar-refractivity contribution is 7.17. The minimum absolute atomic E-state index is 0.0641. The molecule has 0 saturated heterocycles. The third kappa shape index (κ3) is 2.49. The molecule has 102 valence electrons. The van der Waals surface area contributed by atoms with Crippen LogP contribution in [0.4, 0.5) is 10.1 Å². The highest BCUT2D eigenvalue weighted by Gasteiger charge is 2.14. The number of benzene rings is 2. The zero-order valence-corrected chi connectivity index (χ0v) is 11.6. The van der Waals surface area contributed by atoms with Crippen LogP contribution in [0.5, 0.6) is 0 Å². The number of carbonyl (C=O) groups excluding carboxylic acids is 1. The van der Waals surface area contributed by atoms with Gasteiger partial charge < -0.3 is 5.32 Å². The summed E-state index contributed by atoms with van der Waals surface area (Å²) in [7, 11) is 0. The van der Waals surface area contributed by atoms with E-state index in [1.807, 2.05) is 30.3 Å². The lowest BCUT2D eigenvalue weighted by Gasteiger charge is -2.06. The Morgan fingerprint density at radius 2 is 2.05 bits per heavy atom. The van der Waals surface area contributed by atoms with E-state index < -0.39 is 5.82 Å². The first-order valence-corrected chi connectivity index (χ1v) is 7.04. The standard InChI is InChI=1S/C16H9FN2OS/c17-13-7-10(8-18)5-6-14(13)19-16(20)12-9-21-15-4-2-1-3-11(12)15/h1-7,9H,(H,19,20). The molecule has 5 heteroatoms. The maximum absolute atomic E-state index is 13.8. The van der Waals surface area contributed by atoms with E-state index in [1.165, 1.54) is 23.5 Å². The molecule has 0 unspecified atom stereocenters. The lowest BCUT2D eigenvalue weighted by atomic mass is 10.1. The highest BCUT2D eigenvalue weighted by Crippen LogP contribution is 2.26. The number of halogens is 1. The number of nitrogens with one attached hydrogen (secondary N) is 1. The minimum Gasteiger partial charge on any atom is -0.319 e. The zero-order valence-electron chi connectivity index (χ0n) is 10.8. The molecule has 1 amide bonds. The van der Waals surface area contributed by atoms with Crippen molar-refractivity contribution in [1.82, 2.24) is 0 Å². The Labute approximate surface area is 124 Å². The molecular formula is C16H9FN2OS. The van der Waals surface area contributed by atoms with Crippen molar-refractivity contribution in [2.75, 3.05) is 5.32 Å². The quantitative estimate of drug-likeness (QED) is 0.771. The molecule has 0 radical (unpaired) electrons. The number of nitrogens with zero attached hydrogens (tertiary/aromatic N) is 1. The van der Waals surface area contributed by atoms with Crippen LogP contribution in [0, 0.1) is 17.1 Å². The van der Waals surface area contributed by atoms with Crippen LogP contribution in [-0.4, -0.2) is 5.91 Å². The topological polar surface area (TPSA) is 52.9 Å². The first-order chi connectivity index (χ1) is 10.2. The van der Waals surface area contributed by atoms with Gasteiger partial charge in [-0.05, 0) is 24.3 Å². The summed E-state index contributed by atoms with van der Waals surface area (Å²) in [6.07, 6.45) is 0. The van der Waals surface area contributed by atoms with Gasteiger partial charge in [0.2, 0.25) is 0 Å². The molecule has 0 saturated carbocycles. The molecule has 0 spiro atoms. The maximum atomic E-state index is 13.8. The third-order valence-electron chi connectivity index (χ3n) is 3.07. The van der Waals surface area contributed by atoms with Crippen molar-refractivity contribution >= 4 is 33.0 Å². The van der Waals surface area contributed by atoms with E-state index in [1.54, 1.807) is 5.38 Å². The fourth-order valence-electron chi connectivity index (χ4n) is 2.03. The largest absolute Gasteiger partial charge is 0.319 e. The normalized spacial score (nSPS) is 10.3. The average molecular weight is 296 g/mol. The van der Waals surface area contributed by atoms with E-state index in [9.17, 15) is 9.18 Å². The Balaban J connectivity index is 1.92. The van der Waals surface area contributed by atoms with Gasteiger partial charge >= 0.3 is 0 Å². The molecule has 0 aliphatic heterocycles. The summed E-state index contributed by atoms with van der Waals surface area (Å²) in [5.74, 6) is -0.988. The Morgan fingerprint density at radius 3 is 2.81 bits per heavy atom. The Kier molecular flexibility index (Phi) is 3.38. The van der Waals surface area contributed by atoms with E-state index in [-0.39, 0.29) is 17.2 Å². The van der Waals surface area contributed by atoms with Gasteiger partial charge in [-0.2, -0.15) is 5.26 Å². The number of thiophene rings is 1. The predicted octanol–water partition coefficient (Wildman–Crippen LogP) is 4.16. The molecule has 0 atom stereocenters. The van der Waals surface area contributed by atoms with E-state index in [0.29, 0.717) is 5.56 Å². The number of carbonyl (C=O) groups is 1. The van der Waals surface area contributed by atoms with Crippen LogP contribution in [0.1, 0.15) is 15.9 Å². The summed E-state index contributed by atoms with van der Waals surface area (Å²) in [4.78, 5) is 12.3. The molecule has 3 aromatic rings. The molecule has 0 bridgehead atoms. The zero-order chi connectivity index (χ0) is 14.8. The maximum Gasteiger partial charge on any atom is 0.257 e. The number of hydrogen-bond donors (Lipinski definition) is 1. The molecule has 1 aromatic heterocycles. The van der Waals surface area contributed by atoms with Crippen molar-refractivity contribution < 1.29 is 9.18 Å². The lowest BCUT2D eigenvalue weighted by Crippen LogP contribution is -2.12. The second kappa shape index (κ2) is 5.35. The van der Waals surface area contributed by atoms with Crippen molar-refractivity contribution in [2.45, 2.75) is 0 Å². The lowest BCUT2D eigenvalue weighted by molar-refractivity contribution is 0.102. The number of fused-ring (bicyclic) bond motifs is 1. The van der Waals surface area contributed by atoms with Crippen LogP contribution in [0.2, 0.25) is 0 Å². The first kappa shape index (κ1) is 13.3. The smallest absolute Gasteiger partial charge is 0.257 e. The second-order valence-corrected chi connectivity index (χ2v) is 5.32. The second-order valence-electron chi connectivity index (χ2n) is 4.41. The van der Waals surface area contributed by atoms with Gasteiger partial charge in [0, 0.05) is 15.5 Å². The number of rotatable bonds is 2. The van der Waals surface area contributed by atoms with Crippen LogP contribution in [0.15, 0.2) is 47.8 Å². The summed E-state index contributed by atoms with van der Waals surface area (Å²) in [6, 6.07) is 13.3. The van der Waals surface area contributed by atoms with Crippen LogP contribution < -0.4 is 5.32 Å². The summed E-state index contributed by atoms with van der Waals surface area (Å²) < 4.78 is 14.8. The van der Waals surface area contributed by atoms with Gasteiger partial charge in [-0.1, -0.05) is 18.2 Å². The number of anilines is 1. The van der Waals surface area contributed by atoms with Gasteiger partial charge in [-0.3, -0.25) is 4.79 Å². The number of hydrogen-bond acceptors (Lipinski definition) is 3. The predicted molar refractivity (Wildman–Crippen MR) is 80.9 cm³/mol. The van der Waals surface area contributed by atoms with Gasteiger partial charge in [0.15, 0.2) is 0 Å². The van der Waals surface area contributed by atoms with E-state index in [2.05, 4.69) is 5.32 Å². The molecule has 1 heterocycles. The van der Waals surface area contributed by atoms with E-state index in [0.717, 1.165) is 16.2 Å². The SMILES string of the molecule is N#Cc1ccc(NC(=O)c2csc3ccccc23)c(F)c1. The molecule has 2 aromatic carbocycles. The Hall–Kier alpha value is -2.71. The summed E-state index contributed by atoms with van der Waals surface area (Å²) in [5.41, 5.74) is 0.792. The number of nitriles is 1. The summed E-state index contributed by atoms with van der Waals surface area (Å²) in [6.45, 7) is 0. The highest BCUT2D eigenvalue weighted by atomic mass is 32.1. The monoisotopic (exact) mass is 296 g/mol. The summed E-state index contributed by atoms with van der Waals surface area (Å²) in [5, 5.41) is 13.8. The molecule has 3 nitrogen and oxygen atoms in total. The first-order valence-electron chi connectivity index (χ1n) is 6.16. The van der Waals surface area contributed by atoms with Gasteiger partial charge in [0.05, 0.1) is 22.9 Å². The molecule has 0 fully saturated rings. The van der Waals surface area contributed by atoms with Crippen molar-refractivity contribution in [3.05, 3.63) is 64.8 Å². The fourth-order valence-corrected chi connectivity index (χ4v) is 2.97. The van der Waals surface area contributed by atoms with E-state index >= 15 is 0 Å². The van der Waals surface area contributed by atoms with Gasteiger partial charge in [-0.15, -0.1) is 11.3 Å². The van der Waals surface area contributed by atoms with Crippen molar-refractivity contribution in [2.24, 2.45) is 0 Å². The molecule has 21 heavy (non-hydrogen) atoms. The Bertz CT molecular complexity index is 879. The summed E-state index contributed by atoms with van der Waals surface area (Å²) >= 11 is 1.47. The fraction of sp³-hybridized carbons (Fsp3) is 0. The van der Waals surface area contributed by atoms with Crippen LogP contribution >= 0.6 is 11.3 Å². The van der Waals surface area contributed by atoms with Crippen LogP contribution in [-0.2, 0) is 0 Å². The van der Waals surface area contributed by atoms with Crippen molar-refractivity contribution in [3.8, 4) is 6.07 Å². The van der Waals surface area contributed by atoms with Gasteiger partial charge in [0.1, 0.15) is 5.82 Å². The average Bonchev–Trinajstić information content (AvgIpc) is 2.93. The van der Waals surface area contributed by atoms with Crippen molar-refractivity contribution in [1.29, 1.82) is 5.26 Å². The molecule has 1 N–H and O–H groups in total. The molecule has 3 rings (SSSR count). The van der Waals surface area contributed by atoms with Crippen molar-refractivity contribution in [3.63, 3.8) is 0 Å². The van der Waals surface area contributed by atoms with E-state index in [4.69, 9.17) is 5.26 Å².